The Kier molecular flexibility index (Phi) is 3.12. The Morgan fingerprint density at radius 3 is 3.00 bits per heavy atom. The Morgan fingerprint density at radius 2 is 2.41 bits per heavy atom. The van der Waals surface area contributed by atoms with Crippen LogP contribution in [0.2, 0.25) is 0 Å². The number of piperidine rings is 1. The molecule has 0 bridgehead atoms. The lowest BCUT2D eigenvalue weighted by atomic mass is 9.98. The summed E-state index contributed by atoms with van der Waals surface area (Å²) in [6.07, 6.45) is 2.55. The Morgan fingerprint density at radius 1 is 1.65 bits per heavy atom. The quantitative estimate of drug-likeness (QED) is 0.817. The highest BCUT2D eigenvalue weighted by molar-refractivity contribution is 5.80. The summed E-state index contributed by atoms with van der Waals surface area (Å²) < 4.78 is 1.67. The van der Waals surface area contributed by atoms with E-state index < -0.39 is 11.9 Å². The van der Waals surface area contributed by atoms with E-state index in [2.05, 4.69) is 5.10 Å². The molecule has 1 saturated heterocycles. The minimum absolute atomic E-state index is 0.00755. The molecule has 1 aliphatic heterocycles. The number of carbonyl (C=O) groups is 2. The molecule has 1 aromatic rings. The third-order valence-electron chi connectivity index (χ3n) is 2.97. The molecule has 1 aromatic heterocycles. The number of aliphatic carboxylic acids is 1. The van der Waals surface area contributed by atoms with E-state index in [9.17, 15) is 9.59 Å². The van der Waals surface area contributed by atoms with E-state index in [4.69, 9.17) is 5.11 Å². The highest BCUT2D eigenvalue weighted by atomic mass is 16.4. The Hall–Kier alpha value is -1.85. The summed E-state index contributed by atoms with van der Waals surface area (Å²) >= 11 is 0. The van der Waals surface area contributed by atoms with Gasteiger partial charge >= 0.3 is 5.97 Å². The smallest absolute Gasteiger partial charge is 0.308 e. The number of carbonyl (C=O) groups excluding carboxylic acids is 1. The van der Waals surface area contributed by atoms with Crippen LogP contribution >= 0.6 is 0 Å². The average molecular weight is 237 g/mol. The van der Waals surface area contributed by atoms with Crippen LogP contribution in [0.4, 0.5) is 0 Å². The Bertz CT molecular complexity index is 441. The van der Waals surface area contributed by atoms with Crippen molar-refractivity contribution in [1.82, 2.24) is 14.7 Å². The maximum Gasteiger partial charge on any atom is 0.308 e. The van der Waals surface area contributed by atoms with E-state index in [0.29, 0.717) is 19.4 Å². The molecule has 92 valence electrons. The van der Waals surface area contributed by atoms with Gasteiger partial charge in [-0.3, -0.25) is 14.3 Å². The lowest BCUT2D eigenvalue weighted by Crippen LogP contribution is -2.42. The van der Waals surface area contributed by atoms with Crippen LogP contribution in [0.25, 0.3) is 0 Å². The summed E-state index contributed by atoms with van der Waals surface area (Å²) in [5, 5.41) is 13.1. The number of aromatic nitrogens is 2. The normalized spacial score (nSPS) is 20.6. The van der Waals surface area contributed by atoms with Gasteiger partial charge in [-0.1, -0.05) is 0 Å². The minimum atomic E-state index is -0.830. The summed E-state index contributed by atoms with van der Waals surface area (Å²) in [5.74, 6) is -1.27. The summed E-state index contributed by atoms with van der Waals surface area (Å²) in [5.41, 5.74) is 0.784. The van der Waals surface area contributed by atoms with Crippen LogP contribution in [0.1, 0.15) is 18.5 Å². The number of likely N-dealkylation sites (tertiary alicyclic amines) is 1. The van der Waals surface area contributed by atoms with Crippen molar-refractivity contribution >= 4 is 11.9 Å². The number of rotatable bonds is 3. The van der Waals surface area contributed by atoms with Crippen LogP contribution in [-0.4, -0.2) is 38.2 Å². The molecular weight excluding hydrogens is 222 g/mol. The summed E-state index contributed by atoms with van der Waals surface area (Å²) in [7, 11) is 1.81. The van der Waals surface area contributed by atoms with Gasteiger partial charge in [0.1, 0.15) is 0 Å². The molecular formula is C11H15N3O3. The lowest BCUT2D eigenvalue weighted by molar-refractivity contribution is -0.147. The van der Waals surface area contributed by atoms with Gasteiger partial charge in [0.2, 0.25) is 5.91 Å². The summed E-state index contributed by atoms with van der Waals surface area (Å²) in [4.78, 5) is 24.2. The number of hydrogen-bond acceptors (Lipinski definition) is 3. The predicted molar refractivity (Wildman–Crippen MR) is 59.0 cm³/mol. The predicted octanol–water partition coefficient (Wildman–Crippen LogP) is 0.243. The third-order valence-corrected chi connectivity index (χ3v) is 2.97. The van der Waals surface area contributed by atoms with Gasteiger partial charge in [0.15, 0.2) is 0 Å². The highest BCUT2D eigenvalue weighted by Crippen LogP contribution is 2.19. The van der Waals surface area contributed by atoms with Crippen molar-refractivity contribution < 1.29 is 14.7 Å². The van der Waals surface area contributed by atoms with Gasteiger partial charge in [-0.2, -0.15) is 5.10 Å². The number of hydrogen-bond donors (Lipinski definition) is 1. The summed E-state index contributed by atoms with van der Waals surface area (Å²) in [6, 6.07) is 1.83. The zero-order valence-corrected chi connectivity index (χ0v) is 9.67. The van der Waals surface area contributed by atoms with E-state index in [1.54, 1.807) is 15.8 Å². The van der Waals surface area contributed by atoms with Crippen molar-refractivity contribution in [1.29, 1.82) is 0 Å². The van der Waals surface area contributed by atoms with Gasteiger partial charge in [-0.25, -0.2) is 0 Å². The number of aryl methyl sites for hydroxylation is 1. The fraction of sp³-hybridized carbons (Fsp3) is 0.545. The zero-order chi connectivity index (χ0) is 12.4. The van der Waals surface area contributed by atoms with Crippen LogP contribution in [0.3, 0.4) is 0 Å². The van der Waals surface area contributed by atoms with Gasteiger partial charge in [0, 0.05) is 26.2 Å². The van der Waals surface area contributed by atoms with Crippen LogP contribution in [0.5, 0.6) is 0 Å². The van der Waals surface area contributed by atoms with Crippen LogP contribution in [-0.2, 0) is 23.2 Å². The Balaban J connectivity index is 2.03. The van der Waals surface area contributed by atoms with E-state index in [1.165, 1.54) is 0 Å². The molecule has 1 N–H and O–H groups in total. The van der Waals surface area contributed by atoms with Crippen molar-refractivity contribution in [2.24, 2.45) is 13.0 Å². The monoisotopic (exact) mass is 237 g/mol. The molecule has 2 heterocycles. The molecule has 0 aromatic carbocycles. The third kappa shape index (κ3) is 2.64. The van der Waals surface area contributed by atoms with E-state index in [0.717, 1.165) is 5.69 Å². The second-order valence-electron chi connectivity index (χ2n) is 4.33. The van der Waals surface area contributed by atoms with Gasteiger partial charge in [0.05, 0.1) is 18.2 Å². The van der Waals surface area contributed by atoms with E-state index in [1.807, 2.05) is 13.1 Å². The zero-order valence-electron chi connectivity index (χ0n) is 9.67. The van der Waals surface area contributed by atoms with Crippen molar-refractivity contribution in [2.45, 2.75) is 19.4 Å². The van der Waals surface area contributed by atoms with Crippen molar-refractivity contribution in [3.8, 4) is 0 Å². The number of carboxylic acids is 1. The molecule has 1 aliphatic rings. The molecule has 1 fully saturated rings. The number of carboxylic acid groups (broad SMARTS) is 1. The average Bonchev–Trinajstić information content (AvgIpc) is 2.67. The first-order chi connectivity index (χ1) is 8.06. The maximum atomic E-state index is 11.7. The molecule has 6 heteroatoms. The molecule has 1 amide bonds. The van der Waals surface area contributed by atoms with Crippen molar-refractivity contribution in [2.75, 3.05) is 6.54 Å². The van der Waals surface area contributed by atoms with Crippen LogP contribution in [0.15, 0.2) is 12.3 Å². The first-order valence-electron chi connectivity index (χ1n) is 5.55. The molecule has 1 atom stereocenters. The van der Waals surface area contributed by atoms with Gasteiger partial charge in [0.25, 0.3) is 0 Å². The molecule has 6 nitrogen and oxygen atoms in total. The topological polar surface area (TPSA) is 75.4 Å². The molecule has 0 aliphatic carbocycles. The molecule has 0 saturated carbocycles. The Labute approximate surface area is 98.8 Å². The first kappa shape index (κ1) is 11.6. The molecule has 1 unspecified atom stereocenters. The van der Waals surface area contributed by atoms with E-state index >= 15 is 0 Å². The molecule has 17 heavy (non-hydrogen) atoms. The fourth-order valence-electron chi connectivity index (χ4n) is 2.01. The lowest BCUT2D eigenvalue weighted by Gasteiger charge is -2.29. The first-order valence-corrected chi connectivity index (χ1v) is 5.55. The molecule has 0 radical (unpaired) electrons. The largest absolute Gasteiger partial charge is 0.481 e. The highest BCUT2D eigenvalue weighted by Gasteiger charge is 2.30. The fourth-order valence-corrected chi connectivity index (χ4v) is 2.01. The SMILES string of the molecule is Cn1ccc(CN2CC(C(=O)O)CCC2=O)n1. The van der Waals surface area contributed by atoms with Gasteiger partial charge < -0.3 is 10.0 Å². The second kappa shape index (κ2) is 4.57. The number of nitrogens with zero attached hydrogens (tertiary/aromatic N) is 3. The van der Waals surface area contributed by atoms with Gasteiger partial charge in [-0.15, -0.1) is 0 Å². The maximum absolute atomic E-state index is 11.7. The number of amides is 1. The standard InChI is InChI=1S/C11H15N3O3/c1-13-5-4-9(12-13)7-14-6-8(11(16)17)2-3-10(14)15/h4-5,8H,2-3,6-7H2,1H3,(H,16,17). The van der Waals surface area contributed by atoms with E-state index in [-0.39, 0.29) is 12.5 Å². The van der Waals surface area contributed by atoms with Gasteiger partial charge in [-0.05, 0) is 12.5 Å². The second-order valence-corrected chi connectivity index (χ2v) is 4.33. The van der Waals surface area contributed by atoms with Crippen molar-refractivity contribution in [3.63, 3.8) is 0 Å². The molecule has 0 spiro atoms. The van der Waals surface area contributed by atoms with Crippen molar-refractivity contribution in [3.05, 3.63) is 18.0 Å². The minimum Gasteiger partial charge on any atom is -0.481 e. The van der Waals surface area contributed by atoms with Crippen LogP contribution in [0, 0.1) is 5.92 Å². The molecule has 2 rings (SSSR count). The van der Waals surface area contributed by atoms with Crippen LogP contribution < -0.4 is 0 Å². The summed E-state index contributed by atoms with van der Waals surface area (Å²) in [6.45, 7) is 0.675.